The van der Waals surface area contributed by atoms with Crippen LogP contribution in [0, 0.1) is 5.82 Å². The van der Waals surface area contributed by atoms with Crippen molar-refractivity contribution in [3.63, 3.8) is 0 Å². The Morgan fingerprint density at radius 3 is 2.70 bits per heavy atom. The van der Waals surface area contributed by atoms with Gasteiger partial charge in [0.15, 0.2) is 10.9 Å². The van der Waals surface area contributed by atoms with Crippen molar-refractivity contribution < 1.29 is 32.2 Å². The number of aryl methyl sites for hydroxylation is 1. The number of carbonyl (C=O) groups excluding carboxylic acids is 1. The van der Waals surface area contributed by atoms with Crippen LogP contribution in [0.5, 0.6) is 5.75 Å². The number of nitrogens with zero attached hydrogens (tertiary/aromatic N) is 3. The molecule has 0 radical (unpaired) electrons. The molecule has 2 N–H and O–H groups in total. The molecule has 7 nitrogen and oxygen atoms in total. The van der Waals surface area contributed by atoms with E-state index in [1.807, 2.05) is 0 Å². The van der Waals surface area contributed by atoms with Crippen LogP contribution in [-0.4, -0.2) is 37.9 Å². The SMILES string of the molecule is CC(O)CCC(=O)c1cc2nc(Nc3nc4ccc(OC(F)(F)F)cc4s3)n(C)c2cc1F. The number of rotatable bonds is 7. The molecule has 0 aliphatic heterocycles. The van der Waals surface area contributed by atoms with Crippen molar-refractivity contribution in [2.45, 2.75) is 32.2 Å². The van der Waals surface area contributed by atoms with E-state index in [0.717, 1.165) is 11.3 Å². The molecule has 4 rings (SSSR count). The monoisotopic (exact) mass is 482 g/mol. The highest BCUT2D eigenvalue weighted by atomic mass is 32.1. The number of ether oxygens (including phenoxy) is 1. The zero-order valence-electron chi connectivity index (χ0n) is 17.4. The third-order valence-electron chi connectivity index (χ3n) is 4.87. The Bertz CT molecular complexity index is 1350. The maximum absolute atomic E-state index is 14.6. The van der Waals surface area contributed by atoms with E-state index in [4.69, 9.17) is 0 Å². The Kier molecular flexibility index (Phi) is 5.97. The number of anilines is 2. The quantitative estimate of drug-likeness (QED) is 0.274. The highest BCUT2D eigenvalue weighted by Crippen LogP contribution is 2.33. The van der Waals surface area contributed by atoms with Gasteiger partial charge in [-0.25, -0.2) is 14.4 Å². The van der Waals surface area contributed by atoms with Gasteiger partial charge in [0.2, 0.25) is 5.95 Å². The van der Waals surface area contributed by atoms with Gasteiger partial charge in [0.1, 0.15) is 11.6 Å². The van der Waals surface area contributed by atoms with Crippen LogP contribution in [0.15, 0.2) is 30.3 Å². The first-order chi connectivity index (χ1) is 15.5. The van der Waals surface area contributed by atoms with Crippen molar-refractivity contribution in [3.05, 3.63) is 41.7 Å². The molecule has 0 amide bonds. The van der Waals surface area contributed by atoms with Gasteiger partial charge in [0, 0.05) is 25.6 Å². The number of halogens is 4. The number of nitrogens with one attached hydrogen (secondary N) is 1. The summed E-state index contributed by atoms with van der Waals surface area (Å²) in [6.45, 7) is 1.55. The second-order valence-electron chi connectivity index (χ2n) is 7.45. The lowest BCUT2D eigenvalue weighted by Crippen LogP contribution is -2.16. The molecular weight excluding hydrogens is 464 g/mol. The molecule has 1 atom stereocenters. The first-order valence-electron chi connectivity index (χ1n) is 9.81. The van der Waals surface area contributed by atoms with Gasteiger partial charge in [-0.15, -0.1) is 13.2 Å². The zero-order valence-corrected chi connectivity index (χ0v) is 18.2. The molecular formula is C21H18F4N4O3S. The van der Waals surface area contributed by atoms with Crippen LogP contribution in [0.4, 0.5) is 28.6 Å². The van der Waals surface area contributed by atoms with Gasteiger partial charge >= 0.3 is 6.36 Å². The second-order valence-corrected chi connectivity index (χ2v) is 8.48. The number of benzene rings is 2. The lowest BCUT2D eigenvalue weighted by Gasteiger charge is -2.07. The van der Waals surface area contributed by atoms with E-state index in [0.29, 0.717) is 32.3 Å². The minimum absolute atomic E-state index is 0.00375. The van der Waals surface area contributed by atoms with Crippen molar-refractivity contribution in [2.24, 2.45) is 7.05 Å². The molecule has 2 heterocycles. The Morgan fingerprint density at radius 2 is 2.00 bits per heavy atom. The van der Waals surface area contributed by atoms with E-state index in [1.54, 1.807) is 18.5 Å². The average Bonchev–Trinajstić information content (AvgIpc) is 3.24. The van der Waals surface area contributed by atoms with Gasteiger partial charge in [-0.2, -0.15) is 0 Å². The Balaban J connectivity index is 1.61. The molecule has 0 bridgehead atoms. The number of hydrogen-bond acceptors (Lipinski definition) is 7. The molecule has 0 spiro atoms. The zero-order chi connectivity index (χ0) is 23.9. The van der Waals surface area contributed by atoms with Crippen LogP contribution in [0.25, 0.3) is 21.3 Å². The fourth-order valence-corrected chi connectivity index (χ4v) is 4.15. The van der Waals surface area contributed by atoms with Crippen LogP contribution in [0.2, 0.25) is 0 Å². The van der Waals surface area contributed by atoms with E-state index in [9.17, 15) is 27.5 Å². The molecule has 2 aromatic carbocycles. The number of Topliss-reactive ketones (excluding diaryl/α,β-unsaturated/α-hetero) is 1. The minimum atomic E-state index is -4.79. The summed E-state index contributed by atoms with van der Waals surface area (Å²) in [5.74, 6) is -1.16. The Morgan fingerprint density at radius 1 is 1.24 bits per heavy atom. The number of carbonyl (C=O) groups is 1. The molecule has 174 valence electrons. The number of thiazole rings is 1. The molecule has 12 heteroatoms. The van der Waals surface area contributed by atoms with E-state index < -0.39 is 24.1 Å². The number of imidazole rings is 1. The largest absolute Gasteiger partial charge is 0.573 e. The molecule has 0 fully saturated rings. The second kappa shape index (κ2) is 8.60. The summed E-state index contributed by atoms with van der Waals surface area (Å²) < 4.78 is 57.9. The summed E-state index contributed by atoms with van der Waals surface area (Å²) in [7, 11) is 1.65. The topological polar surface area (TPSA) is 89.3 Å². The fraction of sp³-hybridized carbons (Fsp3) is 0.286. The van der Waals surface area contributed by atoms with Crippen molar-refractivity contribution >= 4 is 49.4 Å². The lowest BCUT2D eigenvalue weighted by molar-refractivity contribution is -0.274. The van der Waals surface area contributed by atoms with Crippen molar-refractivity contribution in [1.82, 2.24) is 14.5 Å². The van der Waals surface area contributed by atoms with Gasteiger partial charge < -0.3 is 19.7 Å². The number of ketones is 1. The number of aliphatic hydroxyl groups is 1. The summed E-state index contributed by atoms with van der Waals surface area (Å²) in [5.41, 5.74) is 1.17. The number of aromatic nitrogens is 3. The van der Waals surface area contributed by atoms with Crippen molar-refractivity contribution in [2.75, 3.05) is 5.32 Å². The maximum atomic E-state index is 14.6. The van der Waals surface area contributed by atoms with Crippen molar-refractivity contribution in [1.29, 1.82) is 0 Å². The number of aliphatic hydroxyl groups excluding tert-OH is 1. The predicted molar refractivity (Wildman–Crippen MR) is 116 cm³/mol. The molecule has 0 saturated carbocycles. The standard InChI is InChI=1S/C21H18F4N4O3S/c1-10(30)3-6-17(31)12-8-15-16(9-13(12)22)29(2)19(26-15)28-20-27-14-5-4-11(7-18(14)33-20)32-21(23,24)25/h4-5,7-10,30H,3,6H2,1-2H3,(H,26,27,28). The van der Waals surface area contributed by atoms with Crippen LogP contribution in [0.3, 0.4) is 0 Å². The molecule has 2 aromatic heterocycles. The van der Waals surface area contributed by atoms with E-state index in [2.05, 4.69) is 20.0 Å². The molecule has 1 unspecified atom stereocenters. The summed E-state index contributed by atoms with van der Waals surface area (Å²) in [6.07, 6.45) is -5.24. The number of hydrogen-bond donors (Lipinski definition) is 2. The van der Waals surface area contributed by atoms with Gasteiger partial charge in [-0.05, 0) is 31.5 Å². The summed E-state index contributed by atoms with van der Waals surface area (Å²) in [6, 6.07) is 6.39. The molecule has 4 aromatic rings. The van der Waals surface area contributed by atoms with Gasteiger partial charge in [-0.1, -0.05) is 11.3 Å². The van der Waals surface area contributed by atoms with E-state index in [1.165, 1.54) is 30.3 Å². The van der Waals surface area contributed by atoms with E-state index >= 15 is 0 Å². The highest BCUT2D eigenvalue weighted by molar-refractivity contribution is 7.22. The first kappa shape index (κ1) is 22.9. The molecule has 0 aliphatic carbocycles. The smallest absolute Gasteiger partial charge is 0.406 e. The van der Waals surface area contributed by atoms with Crippen molar-refractivity contribution in [3.8, 4) is 5.75 Å². The number of alkyl halides is 3. The summed E-state index contributed by atoms with van der Waals surface area (Å²) >= 11 is 1.10. The maximum Gasteiger partial charge on any atom is 0.573 e. The Labute approximate surface area is 188 Å². The van der Waals surface area contributed by atoms with Crippen LogP contribution < -0.4 is 10.1 Å². The third-order valence-corrected chi connectivity index (χ3v) is 5.81. The summed E-state index contributed by atoms with van der Waals surface area (Å²) in [4.78, 5) is 21.0. The van der Waals surface area contributed by atoms with Crippen LogP contribution >= 0.6 is 11.3 Å². The number of fused-ring (bicyclic) bond motifs is 2. The molecule has 33 heavy (non-hydrogen) atoms. The highest BCUT2D eigenvalue weighted by Gasteiger charge is 2.31. The first-order valence-corrected chi connectivity index (χ1v) is 10.6. The van der Waals surface area contributed by atoms with Gasteiger partial charge in [0.05, 0.1) is 32.9 Å². The van der Waals surface area contributed by atoms with Gasteiger partial charge in [-0.3, -0.25) is 4.79 Å². The lowest BCUT2D eigenvalue weighted by atomic mass is 10.0. The minimum Gasteiger partial charge on any atom is -0.406 e. The van der Waals surface area contributed by atoms with Crippen LogP contribution in [0.1, 0.15) is 30.1 Å². The third kappa shape index (κ3) is 5.06. The Hall–Kier alpha value is -3.25. The fourth-order valence-electron chi connectivity index (χ4n) is 3.26. The average molecular weight is 482 g/mol. The van der Waals surface area contributed by atoms with Crippen LogP contribution in [-0.2, 0) is 7.05 Å². The van der Waals surface area contributed by atoms with Gasteiger partial charge in [0.25, 0.3) is 0 Å². The normalized spacial score (nSPS) is 12.9. The predicted octanol–water partition coefficient (Wildman–Crippen LogP) is 5.31. The van der Waals surface area contributed by atoms with E-state index in [-0.39, 0.29) is 24.2 Å². The molecule has 0 saturated heterocycles. The summed E-state index contributed by atoms with van der Waals surface area (Å²) in [5, 5.41) is 12.7. The molecule has 0 aliphatic rings.